The first kappa shape index (κ1) is 15.6. The smallest absolute Gasteiger partial charge is 0.264 e. The molecule has 3 amide bonds. The zero-order valence-electron chi connectivity index (χ0n) is 12.9. The number of carbonyl (C=O) groups is 3. The lowest BCUT2D eigenvalue weighted by Crippen LogP contribution is -2.37. The number of halogens is 1. The molecule has 1 saturated heterocycles. The maximum absolute atomic E-state index is 13.7. The molecule has 2 aliphatic rings. The van der Waals surface area contributed by atoms with Crippen molar-refractivity contribution in [2.24, 2.45) is 0 Å². The molecule has 0 spiro atoms. The Balaban J connectivity index is 1.65. The van der Waals surface area contributed by atoms with Gasteiger partial charge in [0.1, 0.15) is 5.82 Å². The van der Waals surface area contributed by atoms with Crippen LogP contribution in [0.4, 0.5) is 4.39 Å². The predicted octanol–water partition coefficient (Wildman–Crippen LogP) is 2.21. The summed E-state index contributed by atoms with van der Waals surface area (Å²) >= 11 is 0. The van der Waals surface area contributed by atoms with Crippen LogP contribution < -0.4 is 0 Å². The molecule has 0 bridgehead atoms. The number of likely N-dealkylation sites (tertiary alicyclic amines) is 1. The van der Waals surface area contributed by atoms with Crippen molar-refractivity contribution in [1.82, 2.24) is 9.80 Å². The highest BCUT2D eigenvalue weighted by Crippen LogP contribution is 2.25. The van der Waals surface area contributed by atoms with Gasteiger partial charge in [-0.3, -0.25) is 19.3 Å². The predicted molar refractivity (Wildman–Crippen MR) is 81.4 cm³/mol. The van der Waals surface area contributed by atoms with Gasteiger partial charge in [-0.15, -0.1) is 0 Å². The fraction of sp³-hybridized carbons (Fsp3) is 0.471. The van der Waals surface area contributed by atoms with E-state index in [0.717, 1.165) is 49.7 Å². The van der Waals surface area contributed by atoms with Crippen molar-refractivity contribution < 1.29 is 18.8 Å². The van der Waals surface area contributed by atoms with E-state index in [4.69, 9.17) is 0 Å². The topological polar surface area (TPSA) is 57.7 Å². The summed E-state index contributed by atoms with van der Waals surface area (Å²) in [4.78, 5) is 39.5. The summed E-state index contributed by atoms with van der Waals surface area (Å²) in [7, 11) is 0. The highest BCUT2D eigenvalue weighted by atomic mass is 19.1. The van der Waals surface area contributed by atoms with Crippen LogP contribution in [0.15, 0.2) is 18.2 Å². The SMILES string of the molecule is O=C(CCN1C(=O)c2cccc(F)c2C1=O)N1CCCCCC1. The Labute approximate surface area is 134 Å². The van der Waals surface area contributed by atoms with Crippen LogP contribution in [0.2, 0.25) is 0 Å². The van der Waals surface area contributed by atoms with E-state index in [1.54, 1.807) is 4.90 Å². The van der Waals surface area contributed by atoms with E-state index in [2.05, 4.69) is 0 Å². The van der Waals surface area contributed by atoms with Gasteiger partial charge in [-0.25, -0.2) is 4.39 Å². The number of amides is 3. The van der Waals surface area contributed by atoms with Crippen LogP contribution >= 0.6 is 0 Å². The van der Waals surface area contributed by atoms with Crippen LogP contribution in [0, 0.1) is 5.82 Å². The molecule has 0 saturated carbocycles. The van der Waals surface area contributed by atoms with Crippen molar-refractivity contribution in [1.29, 1.82) is 0 Å². The van der Waals surface area contributed by atoms with Gasteiger partial charge >= 0.3 is 0 Å². The summed E-state index contributed by atoms with van der Waals surface area (Å²) in [5, 5.41) is 0. The van der Waals surface area contributed by atoms with Crippen molar-refractivity contribution in [3.05, 3.63) is 35.1 Å². The maximum Gasteiger partial charge on any atom is 0.264 e. The number of imide groups is 1. The molecule has 0 aromatic heterocycles. The maximum atomic E-state index is 13.7. The Hall–Kier alpha value is -2.24. The quantitative estimate of drug-likeness (QED) is 0.803. The summed E-state index contributed by atoms with van der Waals surface area (Å²) in [6.07, 6.45) is 4.32. The normalized spacial score (nSPS) is 18.1. The third kappa shape index (κ3) is 2.98. The second kappa shape index (κ2) is 6.48. The van der Waals surface area contributed by atoms with Gasteiger partial charge in [-0.1, -0.05) is 18.9 Å². The van der Waals surface area contributed by atoms with E-state index >= 15 is 0 Å². The van der Waals surface area contributed by atoms with E-state index in [-0.39, 0.29) is 30.0 Å². The van der Waals surface area contributed by atoms with Gasteiger partial charge in [0.15, 0.2) is 0 Å². The van der Waals surface area contributed by atoms with E-state index in [1.807, 2.05) is 0 Å². The molecule has 0 radical (unpaired) electrons. The molecule has 2 aliphatic heterocycles. The molecule has 5 nitrogen and oxygen atoms in total. The summed E-state index contributed by atoms with van der Waals surface area (Å²) in [5.41, 5.74) is -0.100. The standard InChI is InChI=1S/C17H19FN2O3/c18-13-7-5-6-12-15(13)17(23)20(16(12)22)11-8-14(21)19-9-3-1-2-4-10-19/h5-7H,1-4,8-11H2. The molecule has 3 rings (SSSR count). The Kier molecular flexibility index (Phi) is 4.41. The summed E-state index contributed by atoms with van der Waals surface area (Å²) < 4.78 is 13.7. The third-order valence-corrected chi connectivity index (χ3v) is 4.46. The number of hydrogen-bond donors (Lipinski definition) is 0. The molecule has 0 unspecified atom stereocenters. The lowest BCUT2D eigenvalue weighted by Gasteiger charge is -2.21. The summed E-state index contributed by atoms with van der Waals surface area (Å²) in [6, 6.07) is 4.01. The Morgan fingerprint density at radius 1 is 1.04 bits per heavy atom. The van der Waals surface area contributed by atoms with Crippen LogP contribution in [0.5, 0.6) is 0 Å². The number of hydrogen-bond acceptors (Lipinski definition) is 3. The van der Waals surface area contributed by atoms with Crippen LogP contribution in [0.1, 0.15) is 52.8 Å². The van der Waals surface area contributed by atoms with Crippen molar-refractivity contribution in [3.8, 4) is 0 Å². The average Bonchev–Trinajstić information content (AvgIpc) is 2.75. The molecule has 1 aromatic carbocycles. The van der Waals surface area contributed by atoms with Crippen molar-refractivity contribution in [2.45, 2.75) is 32.1 Å². The number of nitrogens with zero attached hydrogens (tertiary/aromatic N) is 2. The minimum Gasteiger partial charge on any atom is -0.343 e. The Morgan fingerprint density at radius 3 is 2.39 bits per heavy atom. The van der Waals surface area contributed by atoms with Gasteiger partial charge in [0.05, 0.1) is 11.1 Å². The lowest BCUT2D eigenvalue weighted by atomic mass is 10.1. The first-order valence-electron chi connectivity index (χ1n) is 8.02. The molecule has 2 heterocycles. The molecule has 1 fully saturated rings. The fourth-order valence-corrected chi connectivity index (χ4v) is 3.18. The minimum atomic E-state index is -0.692. The van der Waals surface area contributed by atoms with Gasteiger partial charge in [0.2, 0.25) is 5.91 Å². The van der Waals surface area contributed by atoms with Gasteiger partial charge in [0.25, 0.3) is 11.8 Å². The van der Waals surface area contributed by atoms with E-state index in [9.17, 15) is 18.8 Å². The summed E-state index contributed by atoms with van der Waals surface area (Å²) in [6.45, 7) is 1.46. The van der Waals surface area contributed by atoms with E-state index in [0.29, 0.717) is 0 Å². The molecule has 1 aromatic rings. The molecule has 6 heteroatoms. The molecular formula is C17H19FN2O3. The Morgan fingerprint density at radius 2 is 1.74 bits per heavy atom. The van der Waals surface area contributed by atoms with Gasteiger partial charge in [0, 0.05) is 26.1 Å². The zero-order valence-corrected chi connectivity index (χ0v) is 12.9. The van der Waals surface area contributed by atoms with Crippen molar-refractivity contribution >= 4 is 17.7 Å². The fourth-order valence-electron chi connectivity index (χ4n) is 3.18. The number of rotatable bonds is 3. The second-order valence-corrected chi connectivity index (χ2v) is 5.97. The van der Waals surface area contributed by atoms with Crippen LogP contribution in [-0.2, 0) is 4.79 Å². The van der Waals surface area contributed by atoms with Crippen molar-refractivity contribution in [3.63, 3.8) is 0 Å². The van der Waals surface area contributed by atoms with Gasteiger partial charge in [-0.2, -0.15) is 0 Å². The molecule has 0 aliphatic carbocycles. The molecule has 23 heavy (non-hydrogen) atoms. The largest absolute Gasteiger partial charge is 0.343 e. The summed E-state index contributed by atoms with van der Waals surface area (Å²) in [5.74, 6) is -1.91. The Bertz CT molecular complexity index is 651. The van der Waals surface area contributed by atoms with Crippen LogP contribution in [0.25, 0.3) is 0 Å². The van der Waals surface area contributed by atoms with Crippen LogP contribution in [-0.4, -0.2) is 47.2 Å². The number of benzene rings is 1. The van der Waals surface area contributed by atoms with Crippen molar-refractivity contribution in [2.75, 3.05) is 19.6 Å². The first-order valence-corrected chi connectivity index (χ1v) is 8.02. The molecule has 0 N–H and O–H groups in total. The monoisotopic (exact) mass is 318 g/mol. The van der Waals surface area contributed by atoms with Gasteiger partial charge < -0.3 is 4.90 Å². The molecular weight excluding hydrogens is 299 g/mol. The average molecular weight is 318 g/mol. The van der Waals surface area contributed by atoms with E-state index < -0.39 is 17.6 Å². The second-order valence-electron chi connectivity index (χ2n) is 5.97. The molecule has 0 atom stereocenters. The zero-order chi connectivity index (χ0) is 16.4. The highest BCUT2D eigenvalue weighted by Gasteiger charge is 2.37. The molecule has 122 valence electrons. The first-order chi connectivity index (χ1) is 11.1. The van der Waals surface area contributed by atoms with Crippen LogP contribution in [0.3, 0.4) is 0 Å². The van der Waals surface area contributed by atoms with Gasteiger partial charge in [-0.05, 0) is 25.0 Å². The highest BCUT2D eigenvalue weighted by molar-refractivity contribution is 6.21. The number of carbonyl (C=O) groups excluding carboxylic acids is 3. The third-order valence-electron chi connectivity index (χ3n) is 4.46. The minimum absolute atomic E-state index is 0.00111. The lowest BCUT2D eigenvalue weighted by molar-refractivity contribution is -0.131. The van der Waals surface area contributed by atoms with E-state index in [1.165, 1.54) is 12.1 Å². The number of fused-ring (bicyclic) bond motifs is 1.